The van der Waals surface area contributed by atoms with Gasteiger partial charge >= 0.3 is 5.97 Å². The van der Waals surface area contributed by atoms with Crippen molar-refractivity contribution in [3.05, 3.63) is 35.4 Å². The van der Waals surface area contributed by atoms with Crippen LogP contribution in [0.2, 0.25) is 0 Å². The molecule has 1 aliphatic carbocycles. The highest BCUT2D eigenvalue weighted by Crippen LogP contribution is 2.36. The van der Waals surface area contributed by atoms with Gasteiger partial charge in [0.25, 0.3) is 5.91 Å². The predicted octanol–water partition coefficient (Wildman–Crippen LogP) is 2.52. The Kier molecular flexibility index (Phi) is 4.39. The van der Waals surface area contributed by atoms with E-state index in [9.17, 15) is 14.7 Å². The number of carboxylic acid groups (broad SMARTS) is 1. The maximum absolute atomic E-state index is 12.6. The zero-order valence-electron chi connectivity index (χ0n) is 13.5. The second-order valence-corrected chi connectivity index (χ2v) is 6.75. The number of hydrogen-bond donors (Lipinski definition) is 1. The number of rotatable bonds is 5. The van der Waals surface area contributed by atoms with E-state index in [2.05, 4.69) is 0 Å². The van der Waals surface area contributed by atoms with E-state index < -0.39 is 11.4 Å². The number of hydrogen-bond acceptors (Lipinski definition) is 3. The molecule has 1 aliphatic heterocycles. The highest BCUT2D eigenvalue weighted by Gasteiger charge is 2.46. The van der Waals surface area contributed by atoms with Gasteiger partial charge in [0.15, 0.2) is 0 Å². The molecule has 1 unspecified atom stereocenters. The van der Waals surface area contributed by atoms with Crippen LogP contribution in [0.25, 0.3) is 0 Å². The Morgan fingerprint density at radius 2 is 2.00 bits per heavy atom. The summed E-state index contributed by atoms with van der Waals surface area (Å²) in [6, 6.07) is 7.81. The molecule has 0 bridgehead atoms. The minimum atomic E-state index is -0.976. The maximum Gasteiger partial charge on any atom is 0.313 e. The fraction of sp³-hybridized carbons (Fsp3) is 0.556. The van der Waals surface area contributed by atoms with Crippen LogP contribution in [-0.4, -0.2) is 48.7 Å². The summed E-state index contributed by atoms with van der Waals surface area (Å²) in [5, 5.41) is 9.48. The normalized spacial score (nSPS) is 24.5. The molecule has 1 N–H and O–H groups in total. The summed E-state index contributed by atoms with van der Waals surface area (Å²) in [6.45, 7) is 0.797. The molecule has 0 aromatic heterocycles. The molecule has 3 rings (SSSR count). The number of carbonyl (C=O) groups excluding carboxylic acids is 1. The number of carbonyl (C=O) groups is 2. The molecule has 1 amide bonds. The van der Waals surface area contributed by atoms with Crippen molar-refractivity contribution < 1.29 is 19.4 Å². The molecule has 23 heavy (non-hydrogen) atoms. The molecule has 2 fully saturated rings. The van der Waals surface area contributed by atoms with Gasteiger partial charge in [-0.3, -0.25) is 9.59 Å². The van der Waals surface area contributed by atoms with Crippen LogP contribution in [0, 0.1) is 5.41 Å². The van der Waals surface area contributed by atoms with E-state index in [0.717, 1.165) is 0 Å². The fourth-order valence-corrected chi connectivity index (χ4v) is 3.50. The van der Waals surface area contributed by atoms with Gasteiger partial charge in [-0.25, -0.2) is 0 Å². The van der Waals surface area contributed by atoms with Crippen LogP contribution in [0.15, 0.2) is 24.3 Å². The Labute approximate surface area is 136 Å². The smallest absolute Gasteiger partial charge is 0.313 e. The molecule has 1 saturated carbocycles. The Hall–Kier alpha value is -1.88. The Balaban J connectivity index is 1.69. The fourth-order valence-electron chi connectivity index (χ4n) is 3.50. The van der Waals surface area contributed by atoms with E-state index in [4.69, 9.17) is 4.74 Å². The minimum Gasteiger partial charge on any atom is -0.481 e. The molecule has 1 atom stereocenters. The van der Waals surface area contributed by atoms with E-state index in [0.29, 0.717) is 24.4 Å². The van der Waals surface area contributed by atoms with E-state index in [1.165, 1.54) is 31.9 Å². The summed E-state index contributed by atoms with van der Waals surface area (Å²) in [7, 11) is 1.49. The zero-order chi connectivity index (χ0) is 16.4. The molecule has 0 spiro atoms. The zero-order valence-corrected chi connectivity index (χ0v) is 13.5. The molecule has 5 nitrogen and oxygen atoms in total. The Morgan fingerprint density at radius 3 is 2.52 bits per heavy atom. The summed E-state index contributed by atoms with van der Waals surface area (Å²) in [5.74, 6) is -0.341. The van der Waals surface area contributed by atoms with Gasteiger partial charge in [0.05, 0.1) is 6.61 Å². The van der Waals surface area contributed by atoms with Gasteiger partial charge in [-0.15, -0.1) is 0 Å². The molecule has 1 heterocycles. The minimum absolute atomic E-state index is 0.0932. The highest BCUT2D eigenvalue weighted by atomic mass is 16.5. The number of nitrogens with zero attached hydrogens (tertiary/aromatic N) is 1. The Bertz CT molecular complexity index is 594. The molecular weight excluding hydrogens is 294 g/mol. The first-order valence-electron chi connectivity index (χ1n) is 8.17. The molecule has 1 aromatic rings. The SMILES string of the molecule is COCC1(C(=O)O)CCN(C(=O)c2ccc(C3CCC3)cc2)C1. The van der Waals surface area contributed by atoms with Crippen molar-refractivity contribution in [3.8, 4) is 0 Å². The maximum atomic E-state index is 12.6. The third kappa shape index (κ3) is 2.98. The topological polar surface area (TPSA) is 66.8 Å². The number of aliphatic carboxylic acids is 1. The largest absolute Gasteiger partial charge is 0.481 e. The Morgan fingerprint density at radius 1 is 1.30 bits per heavy atom. The summed E-state index contributed by atoms with van der Waals surface area (Å²) in [6.07, 6.45) is 4.19. The third-order valence-corrected chi connectivity index (χ3v) is 5.25. The van der Waals surface area contributed by atoms with Crippen LogP contribution in [0.5, 0.6) is 0 Å². The van der Waals surface area contributed by atoms with Crippen LogP contribution in [0.3, 0.4) is 0 Å². The first-order valence-corrected chi connectivity index (χ1v) is 8.17. The third-order valence-electron chi connectivity index (χ3n) is 5.25. The molecule has 1 saturated heterocycles. The number of benzene rings is 1. The lowest BCUT2D eigenvalue weighted by Gasteiger charge is -2.26. The quantitative estimate of drug-likeness (QED) is 0.906. The molecule has 0 radical (unpaired) electrons. The van der Waals surface area contributed by atoms with Gasteiger partial charge in [-0.05, 0) is 42.9 Å². The monoisotopic (exact) mass is 317 g/mol. The second kappa shape index (κ2) is 6.32. The van der Waals surface area contributed by atoms with Gasteiger partial charge in [0.2, 0.25) is 0 Å². The molecule has 1 aromatic carbocycles. The van der Waals surface area contributed by atoms with Gasteiger partial charge in [0.1, 0.15) is 5.41 Å². The van der Waals surface area contributed by atoms with Crippen molar-refractivity contribution in [3.63, 3.8) is 0 Å². The molecule has 5 heteroatoms. The van der Waals surface area contributed by atoms with Crippen LogP contribution in [-0.2, 0) is 9.53 Å². The summed E-state index contributed by atoms with van der Waals surface area (Å²) < 4.78 is 5.07. The van der Waals surface area contributed by atoms with E-state index >= 15 is 0 Å². The van der Waals surface area contributed by atoms with Crippen LogP contribution in [0.4, 0.5) is 0 Å². The van der Waals surface area contributed by atoms with Gasteiger partial charge < -0.3 is 14.7 Å². The van der Waals surface area contributed by atoms with Gasteiger partial charge in [0, 0.05) is 25.8 Å². The summed E-state index contributed by atoms with van der Waals surface area (Å²) in [5.41, 5.74) is 0.955. The summed E-state index contributed by atoms with van der Waals surface area (Å²) in [4.78, 5) is 25.8. The number of ether oxygens (including phenoxy) is 1. The van der Waals surface area contributed by atoms with Crippen molar-refractivity contribution in [1.82, 2.24) is 4.90 Å². The van der Waals surface area contributed by atoms with Crippen LogP contribution < -0.4 is 0 Å². The number of methoxy groups -OCH3 is 1. The lowest BCUT2D eigenvalue weighted by molar-refractivity contribution is -0.151. The first-order chi connectivity index (χ1) is 11.1. The molecular formula is C18H23NO4. The second-order valence-electron chi connectivity index (χ2n) is 6.75. The number of carboxylic acids is 1. The van der Waals surface area contributed by atoms with Crippen molar-refractivity contribution in [2.45, 2.75) is 31.6 Å². The van der Waals surface area contributed by atoms with E-state index in [-0.39, 0.29) is 19.1 Å². The van der Waals surface area contributed by atoms with Crippen molar-refractivity contribution in [2.24, 2.45) is 5.41 Å². The van der Waals surface area contributed by atoms with Gasteiger partial charge in [-0.2, -0.15) is 0 Å². The lowest BCUT2D eigenvalue weighted by Crippen LogP contribution is -2.40. The molecule has 124 valence electrons. The predicted molar refractivity (Wildman–Crippen MR) is 85.5 cm³/mol. The van der Waals surface area contributed by atoms with Crippen molar-refractivity contribution >= 4 is 11.9 Å². The van der Waals surface area contributed by atoms with Crippen molar-refractivity contribution in [1.29, 1.82) is 0 Å². The van der Waals surface area contributed by atoms with Gasteiger partial charge in [-0.1, -0.05) is 18.6 Å². The highest BCUT2D eigenvalue weighted by molar-refractivity contribution is 5.95. The van der Waals surface area contributed by atoms with Crippen molar-refractivity contribution in [2.75, 3.05) is 26.8 Å². The summed E-state index contributed by atoms with van der Waals surface area (Å²) >= 11 is 0. The van der Waals surface area contributed by atoms with E-state index in [1.807, 2.05) is 24.3 Å². The number of amides is 1. The average molecular weight is 317 g/mol. The average Bonchev–Trinajstić information content (AvgIpc) is 2.92. The first kappa shape index (κ1) is 16.0. The van der Waals surface area contributed by atoms with Crippen LogP contribution >= 0.6 is 0 Å². The molecule has 2 aliphatic rings. The van der Waals surface area contributed by atoms with E-state index in [1.54, 1.807) is 4.90 Å². The number of likely N-dealkylation sites (tertiary alicyclic amines) is 1. The standard InChI is InChI=1S/C18H23NO4/c1-23-12-18(17(21)22)9-10-19(11-18)16(20)15-7-5-14(6-8-15)13-3-2-4-13/h5-8,13H,2-4,9-12H2,1H3,(H,21,22). The lowest BCUT2D eigenvalue weighted by atomic mass is 9.80. The van der Waals surface area contributed by atoms with Crippen LogP contribution in [0.1, 0.15) is 47.5 Å².